The van der Waals surface area contributed by atoms with Crippen molar-refractivity contribution in [1.82, 2.24) is 4.98 Å². The molecular weight excluding hydrogens is 171 g/mol. The van der Waals surface area contributed by atoms with Crippen LogP contribution in [0.2, 0.25) is 0 Å². The highest BCUT2D eigenvalue weighted by molar-refractivity contribution is 5.31. The van der Waals surface area contributed by atoms with Gasteiger partial charge in [-0.3, -0.25) is 0 Å². The zero-order chi connectivity index (χ0) is 9.14. The van der Waals surface area contributed by atoms with Crippen LogP contribution in [-0.4, -0.2) is 12.1 Å². The summed E-state index contributed by atoms with van der Waals surface area (Å²) in [5.74, 6) is -1.37. The first kappa shape index (κ1) is 8.83. The molecule has 1 heterocycles. The molecule has 0 unspecified atom stereocenters. The van der Waals surface area contributed by atoms with Crippen LogP contribution in [-0.2, 0) is 0 Å². The van der Waals surface area contributed by atoms with Gasteiger partial charge in [-0.05, 0) is 6.07 Å². The molecule has 0 saturated carbocycles. The van der Waals surface area contributed by atoms with Gasteiger partial charge in [0.15, 0.2) is 0 Å². The summed E-state index contributed by atoms with van der Waals surface area (Å²) >= 11 is 0. The lowest BCUT2D eigenvalue weighted by Gasteiger charge is -2.06. The molecule has 5 heteroatoms. The largest absolute Gasteiger partial charge is 0.496 e. The van der Waals surface area contributed by atoms with Gasteiger partial charge in [-0.2, -0.15) is 4.39 Å². The van der Waals surface area contributed by atoms with E-state index in [-0.39, 0.29) is 5.75 Å². The normalized spacial score (nSPS) is 10.4. The maximum Gasteiger partial charge on any atom is 0.271 e. The summed E-state index contributed by atoms with van der Waals surface area (Å²) in [6.07, 6.45) is -1.84. The molecule has 12 heavy (non-hydrogen) atoms. The van der Waals surface area contributed by atoms with Crippen molar-refractivity contribution in [3.05, 3.63) is 23.8 Å². The van der Waals surface area contributed by atoms with Crippen molar-refractivity contribution in [2.75, 3.05) is 7.11 Å². The fraction of sp³-hybridized carbons (Fsp3) is 0.286. The van der Waals surface area contributed by atoms with Gasteiger partial charge in [0.1, 0.15) is 11.3 Å². The molecule has 0 N–H and O–H groups in total. The third-order valence-corrected chi connectivity index (χ3v) is 1.34. The first-order valence-corrected chi connectivity index (χ1v) is 3.13. The van der Waals surface area contributed by atoms with E-state index in [1.807, 2.05) is 0 Å². The molecular formula is C7H6F3NO. The van der Waals surface area contributed by atoms with Crippen LogP contribution >= 0.6 is 0 Å². The molecule has 2 nitrogen and oxygen atoms in total. The van der Waals surface area contributed by atoms with Crippen molar-refractivity contribution >= 4 is 0 Å². The van der Waals surface area contributed by atoms with E-state index in [0.29, 0.717) is 0 Å². The lowest BCUT2D eigenvalue weighted by Crippen LogP contribution is -1.98. The minimum absolute atomic E-state index is 0.183. The Morgan fingerprint density at radius 2 is 2.17 bits per heavy atom. The molecule has 1 aromatic heterocycles. The summed E-state index contributed by atoms with van der Waals surface area (Å²) in [4.78, 5) is 3.08. The van der Waals surface area contributed by atoms with Crippen LogP contribution in [0, 0.1) is 5.95 Å². The van der Waals surface area contributed by atoms with E-state index in [1.165, 1.54) is 13.2 Å². The van der Waals surface area contributed by atoms with Crippen LogP contribution in [0.25, 0.3) is 0 Å². The summed E-state index contributed by atoms with van der Waals surface area (Å²) in [5, 5.41) is 0. The number of hydrogen-bond donors (Lipinski definition) is 0. The van der Waals surface area contributed by atoms with Crippen LogP contribution in [0.15, 0.2) is 12.3 Å². The van der Waals surface area contributed by atoms with Gasteiger partial charge < -0.3 is 4.74 Å². The van der Waals surface area contributed by atoms with Gasteiger partial charge in [-0.15, -0.1) is 0 Å². The van der Waals surface area contributed by atoms with Crippen LogP contribution in [0.1, 0.15) is 12.0 Å². The number of nitrogens with zero attached hydrogens (tertiary/aromatic N) is 1. The Morgan fingerprint density at radius 3 is 2.58 bits per heavy atom. The first-order chi connectivity index (χ1) is 5.66. The molecule has 0 aliphatic heterocycles. The molecule has 0 bridgehead atoms. The molecule has 0 spiro atoms. The molecule has 0 saturated heterocycles. The summed E-state index contributed by atoms with van der Waals surface area (Å²) in [5.41, 5.74) is -0.792. The SMILES string of the molecule is COc1ccnc(F)c1C(F)F. The van der Waals surface area contributed by atoms with Gasteiger partial charge >= 0.3 is 0 Å². The second-order valence-electron chi connectivity index (χ2n) is 2.02. The average molecular weight is 177 g/mol. The monoisotopic (exact) mass is 177 g/mol. The van der Waals surface area contributed by atoms with E-state index >= 15 is 0 Å². The zero-order valence-corrected chi connectivity index (χ0v) is 6.22. The minimum Gasteiger partial charge on any atom is -0.496 e. The Morgan fingerprint density at radius 1 is 1.50 bits per heavy atom. The number of methoxy groups -OCH3 is 1. The van der Waals surface area contributed by atoms with Crippen LogP contribution in [0.3, 0.4) is 0 Å². The number of halogens is 3. The van der Waals surface area contributed by atoms with E-state index < -0.39 is 17.9 Å². The quantitative estimate of drug-likeness (QED) is 0.646. The lowest BCUT2D eigenvalue weighted by molar-refractivity contribution is 0.140. The van der Waals surface area contributed by atoms with Gasteiger partial charge in [-0.1, -0.05) is 0 Å². The third-order valence-electron chi connectivity index (χ3n) is 1.34. The molecule has 0 atom stereocenters. The molecule has 0 aromatic carbocycles. The van der Waals surface area contributed by atoms with E-state index in [9.17, 15) is 13.2 Å². The molecule has 0 amide bonds. The first-order valence-electron chi connectivity index (χ1n) is 3.13. The number of alkyl halides is 2. The Hall–Kier alpha value is -1.26. The Kier molecular flexibility index (Phi) is 2.52. The van der Waals surface area contributed by atoms with E-state index in [1.54, 1.807) is 0 Å². The Bertz CT molecular complexity index is 277. The fourth-order valence-electron chi connectivity index (χ4n) is 0.807. The minimum atomic E-state index is -2.91. The Balaban J connectivity index is 3.20. The van der Waals surface area contributed by atoms with Crippen molar-refractivity contribution in [1.29, 1.82) is 0 Å². The third kappa shape index (κ3) is 1.49. The molecule has 1 aromatic rings. The van der Waals surface area contributed by atoms with Gasteiger partial charge in [-0.25, -0.2) is 13.8 Å². The predicted octanol–water partition coefficient (Wildman–Crippen LogP) is 2.17. The summed E-state index contributed by atoms with van der Waals surface area (Å²) in [6, 6.07) is 1.19. The Labute approximate surface area is 67.0 Å². The summed E-state index contributed by atoms with van der Waals surface area (Å²) in [6.45, 7) is 0. The topological polar surface area (TPSA) is 22.1 Å². The average Bonchev–Trinajstić information content (AvgIpc) is 2.03. The molecule has 1 rings (SSSR count). The zero-order valence-electron chi connectivity index (χ0n) is 6.22. The van der Waals surface area contributed by atoms with Crippen LogP contribution < -0.4 is 4.74 Å². The molecule has 0 aliphatic rings. The number of hydrogen-bond acceptors (Lipinski definition) is 2. The highest BCUT2D eigenvalue weighted by atomic mass is 19.3. The van der Waals surface area contributed by atoms with Crippen molar-refractivity contribution in [3.63, 3.8) is 0 Å². The summed E-state index contributed by atoms with van der Waals surface area (Å²) < 4.78 is 41.4. The van der Waals surface area contributed by atoms with Crippen molar-refractivity contribution in [2.24, 2.45) is 0 Å². The fourth-order valence-corrected chi connectivity index (χ4v) is 0.807. The number of pyridine rings is 1. The van der Waals surface area contributed by atoms with Gasteiger partial charge in [0.2, 0.25) is 5.95 Å². The van der Waals surface area contributed by atoms with E-state index in [4.69, 9.17) is 0 Å². The molecule has 0 aliphatic carbocycles. The van der Waals surface area contributed by atoms with Crippen LogP contribution in [0.4, 0.5) is 13.2 Å². The van der Waals surface area contributed by atoms with Crippen LogP contribution in [0.5, 0.6) is 5.75 Å². The molecule has 0 radical (unpaired) electrons. The second kappa shape index (κ2) is 3.42. The second-order valence-corrected chi connectivity index (χ2v) is 2.02. The van der Waals surface area contributed by atoms with Crippen molar-refractivity contribution in [3.8, 4) is 5.75 Å². The maximum atomic E-state index is 12.6. The van der Waals surface area contributed by atoms with Gasteiger partial charge in [0.05, 0.1) is 7.11 Å². The molecule has 66 valence electrons. The number of rotatable bonds is 2. The highest BCUT2D eigenvalue weighted by Crippen LogP contribution is 2.29. The van der Waals surface area contributed by atoms with Gasteiger partial charge in [0.25, 0.3) is 6.43 Å². The molecule has 0 fully saturated rings. The van der Waals surface area contributed by atoms with Gasteiger partial charge in [0, 0.05) is 6.20 Å². The number of aromatic nitrogens is 1. The van der Waals surface area contributed by atoms with Crippen molar-refractivity contribution < 1.29 is 17.9 Å². The van der Waals surface area contributed by atoms with Crippen molar-refractivity contribution in [2.45, 2.75) is 6.43 Å². The highest BCUT2D eigenvalue weighted by Gasteiger charge is 2.19. The maximum absolute atomic E-state index is 12.6. The summed E-state index contributed by atoms with van der Waals surface area (Å²) in [7, 11) is 1.20. The smallest absolute Gasteiger partial charge is 0.271 e. The predicted molar refractivity (Wildman–Crippen MR) is 35.7 cm³/mol. The van der Waals surface area contributed by atoms with E-state index in [0.717, 1.165) is 6.20 Å². The number of ether oxygens (including phenoxy) is 1. The van der Waals surface area contributed by atoms with E-state index in [2.05, 4.69) is 9.72 Å². The standard InChI is InChI=1S/C7H6F3NO/c1-12-4-2-3-11-7(10)5(4)6(8)9/h2-3,6H,1H3. The lowest BCUT2D eigenvalue weighted by atomic mass is 10.2.